The molecule has 2 aliphatic heterocycles. The zero-order valence-electron chi connectivity index (χ0n) is 22.0. The molecule has 4 aromatic rings. The number of benzene rings is 2. The third kappa shape index (κ3) is 5.74. The average molecular weight is 581 g/mol. The van der Waals surface area contributed by atoms with Gasteiger partial charge >= 0.3 is 6.18 Å². The van der Waals surface area contributed by atoms with E-state index in [1.54, 1.807) is 40.9 Å². The molecule has 0 N–H and O–H groups in total. The summed E-state index contributed by atoms with van der Waals surface area (Å²) in [6, 6.07) is 10.6. The lowest BCUT2D eigenvalue weighted by Crippen LogP contribution is -2.49. The molecule has 0 unspecified atom stereocenters. The Labute approximate surface area is 238 Å². The van der Waals surface area contributed by atoms with Crippen LogP contribution >= 0.6 is 11.3 Å². The molecule has 2 amide bonds. The van der Waals surface area contributed by atoms with Crippen molar-refractivity contribution in [2.75, 3.05) is 44.2 Å². The Balaban J connectivity index is 1.03. The fourth-order valence-electron chi connectivity index (χ4n) is 5.39. The number of aromatic nitrogens is 3. The lowest BCUT2D eigenvalue weighted by atomic mass is 9.97. The first kappa shape index (κ1) is 27.1. The van der Waals surface area contributed by atoms with E-state index in [2.05, 4.69) is 15.0 Å². The quantitative estimate of drug-likeness (QED) is 0.335. The molecule has 0 saturated carbocycles. The van der Waals surface area contributed by atoms with Gasteiger partial charge in [0, 0.05) is 74.2 Å². The van der Waals surface area contributed by atoms with Crippen molar-refractivity contribution in [3.05, 3.63) is 82.1 Å². The van der Waals surface area contributed by atoms with E-state index in [9.17, 15) is 22.8 Å². The summed E-state index contributed by atoms with van der Waals surface area (Å²) in [4.78, 5) is 44.9. The van der Waals surface area contributed by atoms with Crippen molar-refractivity contribution in [2.24, 2.45) is 0 Å². The molecule has 6 rings (SSSR count). The van der Waals surface area contributed by atoms with Gasteiger partial charge in [0.2, 0.25) is 0 Å². The van der Waals surface area contributed by atoms with E-state index >= 15 is 0 Å². The van der Waals surface area contributed by atoms with Crippen LogP contribution in [0, 0.1) is 0 Å². The van der Waals surface area contributed by atoms with E-state index in [0.29, 0.717) is 61.7 Å². The van der Waals surface area contributed by atoms with Crippen molar-refractivity contribution < 1.29 is 22.8 Å². The van der Waals surface area contributed by atoms with Crippen molar-refractivity contribution in [3.8, 4) is 0 Å². The van der Waals surface area contributed by atoms with E-state index in [0.717, 1.165) is 35.5 Å². The highest BCUT2D eigenvalue weighted by molar-refractivity contribution is 7.09. The predicted octanol–water partition coefficient (Wildman–Crippen LogP) is 5.09. The largest absolute Gasteiger partial charge is 0.416 e. The first-order valence-corrected chi connectivity index (χ1v) is 14.3. The molecule has 2 fully saturated rings. The van der Waals surface area contributed by atoms with Crippen LogP contribution in [0.3, 0.4) is 0 Å². The molecule has 2 aromatic heterocycles. The molecular weight excluding hydrogens is 553 g/mol. The van der Waals surface area contributed by atoms with Crippen LogP contribution in [0.15, 0.2) is 60.2 Å². The summed E-state index contributed by atoms with van der Waals surface area (Å²) in [5.74, 6) is -0.0238. The number of hydrogen-bond acceptors (Lipinski definition) is 7. The third-order valence-corrected chi connectivity index (χ3v) is 8.70. The molecule has 0 atom stereocenters. The summed E-state index contributed by atoms with van der Waals surface area (Å²) in [6.45, 7) is 2.90. The third-order valence-electron chi connectivity index (χ3n) is 7.69. The first-order valence-electron chi connectivity index (χ1n) is 13.4. The van der Waals surface area contributed by atoms with Crippen LogP contribution in [-0.2, 0) is 6.18 Å². The van der Waals surface area contributed by atoms with E-state index in [1.165, 1.54) is 17.4 Å². The van der Waals surface area contributed by atoms with Crippen molar-refractivity contribution >= 4 is 39.9 Å². The standard InChI is InChI=1S/C29H27F3N6O2S/c30-29(31,32)21-2-1-3-22(17-21)36-12-14-38(15-13-36)28(40)25-18-41-26(35-25)19-6-10-37(11-7-19)27(39)20-4-5-23-24(16-20)34-9-8-33-23/h1-5,8-9,16-19H,6-7,10-15H2. The summed E-state index contributed by atoms with van der Waals surface area (Å²) < 4.78 is 39.3. The molecule has 212 valence electrons. The Morgan fingerprint density at radius 2 is 1.54 bits per heavy atom. The van der Waals surface area contributed by atoms with Crippen molar-refractivity contribution in [3.63, 3.8) is 0 Å². The van der Waals surface area contributed by atoms with Gasteiger partial charge in [-0.1, -0.05) is 6.07 Å². The van der Waals surface area contributed by atoms with Crippen LogP contribution < -0.4 is 4.90 Å². The summed E-state index contributed by atoms with van der Waals surface area (Å²) in [5, 5.41) is 2.67. The summed E-state index contributed by atoms with van der Waals surface area (Å²) >= 11 is 1.46. The molecule has 0 bridgehead atoms. The van der Waals surface area contributed by atoms with Gasteiger partial charge in [0.25, 0.3) is 11.8 Å². The summed E-state index contributed by atoms with van der Waals surface area (Å²) in [6.07, 6.45) is 0.355. The van der Waals surface area contributed by atoms with Crippen LogP contribution in [0.25, 0.3) is 11.0 Å². The van der Waals surface area contributed by atoms with Gasteiger partial charge in [-0.2, -0.15) is 13.2 Å². The predicted molar refractivity (Wildman–Crippen MR) is 149 cm³/mol. The zero-order chi connectivity index (χ0) is 28.6. The number of thiazole rings is 1. The van der Waals surface area contributed by atoms with Crippen LogP contribution in [0.5, 0.6) is 0 Å². The minimum atomic E-state index is -4.39. The topological polar surface area (TPSA) is 82.5 Å². The number of carbonyl (C=O) groups excluding carboxylic acids is 2. The number of alkyl halides is 3. The fraction of sp³-hybridized carbons (Fsp3) is 0.345. The number of amides is 2. The second-order valence-electron chi connectivity index (χ2n) is 10.2. The fourth-order valence-corrected chi connectivity index (χ4v) is 6.36. The molecule has 0 radical (unpaired) electrons. The summed E-state index contributed by atoms with van der Waals surface area (Å²) in [5.41, 5.74) is 2.24. The number of rotatable bonds is 4. The molecule has 8 nitrogen and oxygen atoms in total. The van der Waals surface area contributed by atoms with E-state index in [4.69, 9.17) is 0 Å². The number of halogens is 3. The number of piperidine rings is 1. The Morgan fingerprint density at radius 1 is 0.829 bits per heavy atom. The van der Waals surface area contributed by atoms with E-state index < -0.39 is 11.7 Å². The number of likely N-dealkylation sites (tertiary alicyclic amines) is 1. The lowest BCUT2D eigenvalue weighted by Gasteiger charge is -2.36. The molecular formula is C29H27F3N6O2S. The smallest absolute Gasteiger partial charge is 0.368 e. The van der Waals surface area contributed by atoms with Crippen LogP contribution in [0.4, 0.5) is 18.9 Å². The van der Waals surface area contributed by atoms with E-state index in [-0.39, 0.29) is 17.7 Å². The molecule has 2 saturated heterocycles. The van der Waals surface area contributed by atoms with Gasteiger partial charge in [-0.3, -0.25) is 19.6 Å². The van der Waals surface area contributed by atoms with Gasteiger partial charge in [-0.05, 0) is 49.2 Å². The number of fused-ring (bicyclic) bond motifs is 1. The lowest BCUT2D eigenvalue weighted by molar-refractivity contribution is -0.137. The highest BCUT2D eigenvalue weighted by atomic mass is 32.1. The molecule has 12 heteroatoms. The second kappa shape index (κ2) is 11.1. The minimum absolute atomic E-state index is 0.0321. The highest BCUT2D eigenvalue weighted by Gasteiger charge is 2.32. The van der Waals surface area contributed by atoms with Gasteiger partial charge in [0.15, 0.2) is 0 Å². The van der Waals surface area contributed by atoms with Gasteiger partial charge in [0.05, 0.1) is 21.6 Å². The molecule has 0 aliphatic carbocycles. The second-order valence-corrected chi connectivity index (χ2v) is 11.1. The van der Waals surface area contributed by atoms with Gasteiger partial charge in [0.1, 0.15) is 5.69 Å². The normalized spacial score (nSPS) is 16.8. The number of piperazine rings is 1. The number of anilines is 1. The zero-order valence-corrected chi connectivity index (χ0v) is 22.9. The Hall–Kier alpha value is -4.06. The van der Waals surface area contributed by atoms with Gasteiger partial charge in [-0.25, -0.2) is 4.98 Å². The molecule has 0 spiro atoms. The molecule has 4 heterocycles. The highest BCUT2D eigenvalue weighted by Crippen LogP contribution is 2.33. The monoisotopic (exact) mass is 580 g/mol. The SMILES string of the molecule is O=C(c1ccc2nccnc2c1)N1CCC(c2nc(C(=O)N3CCN(c4cccc(C(F)(F)F)c4)CC3)cs2)CC1. The van der Waals surface area contributed by atoms with Gasteiger partial charge < -0.3 is 14.7 Å². The van der Waals surface area contributed by atoms with Crippen molar-refractivity contribution in [1.82, 2.24) is 24.8 Å². The van der Waals surface area contributed by atoms with Crippen LogP contribution in [0.1, 0.15) is 50.2 Å². The van der Waals surface area contributed by atoms with Crippen LogP contribution in [0.2, 0.25) is 0 Å². The minimum Gasteiger partial charge on any atom is -0.368 e. The molecule has 2 aromatic carbocycles. The molecule has 2 aliphatic rings. The maximum atomic E-state index is 13.2. The van der Waals surface area contributed by atoms with E-state index in [1.807, 2.05) is 15.9 Å². The Bertz CT molecular complexity index is 1580. The summed E-state index contributed by atoms with van der Waals surface area (Å²) in [7, 11) is 0. The number of carbonyl (C=O) groups is 2. The Kier molecular flexibility index (Phi) is 7.33. The Morgan fingerprint density at radius 3 is 2.27 bits per heavy atom. The van der Waals surface area contributed by atoms with Crippen molar-refractivity contribution in [1.29, 1.82) is 0 Å². The maximum Gasteiger partial charge on any atom is 0.416 e. The van der Waals surface area contributed by atoms with Gasteiger partial charge in [-0.15, -0.1) is 11.3 Å². The molecule has 41 heavy (non-hydrogen) atoms. The first-order chi connectivity index (χ1) is 19.8. The maximum absolute atomic E-state index is 13.2. The average Bonchev–Trinajstić information content (AvgIpc) is 3.50. The number of nitrogens with zero attached hydrogens (tertiary/aromatic N) is 6. The van der Waals surface area contributed by atoms with Crippen LogP contribution in [-0.4, -0.2) is 75.8 Å². The number of hydrogen-bond donors (Lipinski definition) is 0. The van der Waals surface area contributed by atoms with Crippen molar-refractivity contribution in [2.45, 2.75) is 24.9 Å².